The molecule has 0 unspecified atom stereocenters. The maximum absolute atomic E-state index is 13.7. The van der Waals surface area contributed by atoms with Gasteiger partial charge in [-0.25, -0.2) is 4.68 Å². The van der Waals surface area contributed by atoms with E-state index in [1.54, 1.807) is 6.33 Å². The molecule has 5 rings (SSSR count). The van der Waals surface area contributed by atoms with E-state index in [9.17, 15) is 4.79 Å². The van der Waals surface area contributed by atoms with Crippen LogP contribution < -0.4 is 4.90 Å². The monoisotopic (exact) mass is 364 g/mol. The molecule has 5 heteroatoms. The van der Waals surface area contributed by atoms with Crippen LogP contribution in [-0.4, -0.2) is 26.7 Å². The lowest BCUT2D eigenvalue weighted by molar-refractivity contribution is 0.0313. The first-order chi connectivity index (χ1) is 13.2. The van der Waals surface area contributed by atoms with Gasteiger partial charge in [-0.2, -0.15) is 10.1 Å². The van der Waals surface area contributed by atoms with Crippen LogP contribution in [0.2, 0.25) is 0 Å². The molecule has 5 nitrogen and oxygen atoms in total. The van der Waals surface area contributed by atoms with Gasteiger partial charge in [-0.15, -0.1) is 0 Å². The van der Waals surface area contributed by atoms with Crippen molar-refractivity contribution in [3.8, 4) is 0 Å². The lowest BCUT2D eigenvalue weighted by atomic mass is 9.64. The quantitative estimate of drug-likeness (QED) is 0.750. The smallest absolute Gasteiger partial charge is 0.261 e. The topological polar surface area (TPSA) is 51.0 Å². The zero-order valence-corrected chi connectivity index (χ0v) is 16.1. The highest BCUT2D eigenvalue weighted by atomic mass is 16.2. The molecule has 0 bridgehead atoms. The minimum atomic E-state index is 0.0671. The van der Waals surface area contributed by atoms with Gasteiger partial charge < -0.3 is 0 Å². The molecule has 2 atom stereocenters. The summed E-state index contributed by atoms with van der Waals surface area (Å²) in [6.45, 7) is 2.02. The van der Waals surface area contributed by atoms with Crippen LogP contribution in [0.3, 0.4) is 0 Å². The predicted molar refractivity (Wildman–Crippen MR) is 105 cm³/mol. The number of rotatable bonds is 1. The van der Waals surface area contributed by atoms with Gasteiger partial charge in [0.1, 0.15) is 6.33 Å². The van der Waals surface area contributed by atoms with E-state index in [4.69, 9.17) is 0 Å². The molecule has 2 heterocycles. The molecular weight excluding hydrogens is 336 g/mol. The number of benzene rings is 1. The molecule has 142 valence electrons. The molecule has 1 aromatic heterocycles. The number of hydrogen-bond donors (Lipinski definition) is 0. The summed E-state index contributed by atoms with van der Waals surface area (Å²) in [5.74, 6) is 1.35. The molecular formula is C22H28N4O. The van der Waals surface area contributed by atoms with E-state index < -0.39 is 0 Å². The largest absolute Gasteiger partial charge is 0.273 e. The highest BCUT2D eigenvalue weighted by Gasteiger charge is 2.54. The summed E-state index contributed by atoms with van der Waals surface area (Å²) >= 11 is 0. The lowest BCUT2D eigenvalue weighted by Gasteiger charge is -2.55. The van der Waals surface area contributed by atoms with Crippen molar-refractivity contribution in [2.45, 2.75) is 76.3 Å². The second kappa shape index (κ2) is 6.47. The van der Waals surface area contributed by atoms with Gasteiger partial charge in [-0.1, -0.05) is 50.3 Å². The minimum Gasteiger partial charge on any atom is -0.273 e. The second-order valence-corrected chi connectivity index (χ2v) is 8.58. The van der Waals surface area contributed by atoms with E-state index in [-0.39, 0.29) is 17.5 Å². The van der Waals surface area contributed by atoms with Crippen LogP contribution in [0.25, 0.3) is 0 Å². The number of carbonyl (C=O) groups excluding carboxylic acids is 1. The van der Waals surface area contributed by atoms with Crippen LogP contribution in [-0.2, 0) is 5.54 Å². The van der Waals surface area contributed by atoms with Gasteiger partial charge in [-0.05, 0) is 44.2 Å². The normalized spacial score (nSPS) is 26.5. The lowest BCUT2D eigenvalue weighted by Crippen LogP contribution is -2.61. The fraction of sp³-hybridized carbons (Fsp3) is 0.591. The van der Waals surface area contributed by atoms with Crippen LogP contribution in [0.1, 0.15) is 73.7 Å². The van der Waals surface area contributed by atoms with Crippen molar-refractivity contribution in [1.29, 1.82) is 0 Å². The van der Waals surface area contributed by atoms with Crippen LogP contribution in [0.4, 0.5) is 5.95 Å². The van der Waals surface area contributed by atoms with Crippen molar-refractivity contribution in [3.63, 3.8) is 0 Å². The number of fused-ring (bicyclic) bond motifs is 4. The van der Waals surface area contributed by atoms with Crippen molar-refractivity contribution >= 4 is 11.9 Å². The van der Waals surface area contributed by atoms with Gasteiger partial charge in [0.05, 0.1) is 5.54 Å². The van der Waals surface area contributed by atoms with E-state index in [2.05, 4.69) is 14.8 Å². The highest BCUT2D eigenvalue weighted by molar-refractivity contribution is 6.06. The average molecular weight is 364 g/mol. The van der Waals surface area contributed by atoms with Gasteiger partial charge in [0, 0.05) is 17.5 Å². The highest BCUT2D eigenvalue weighted by Crippen LogP contribution is 2.52. The Morgan fingerprint density at radius 1 is 1.07 bits per heavy atom. The zero-order chi connectivity index (χ0) is 18.4. The van der Waals surface area contributed by atoms with E-state index >= 15 is 0 Å². The predicted octanol–water partition coefficient (Wildman–Crippen LogP) is 4.47. The van der Waals surface area contributed by atoms with Crippen LogP contribution in [0.5, 0.6) is 0 Å². The van der Waals surface area contributed by atoms with Gasteiger partial charge in [-0.3, -0.25) is 9.69 Å². The molecule has 1 aromatic carbocycles. The van der Waals surface area contributed by atoms with E-state index in [1.807, 2.05) is 36.1 Å². The molecule has 1 spiro atoms. The van der Waals surface area contributed by atoms with Crippen molar-refractivity contribution in [3.05, 3.63) is 41.7 Å². The second-order valence-electron chi connectivity index (χ2n) is 8.58. The fourth-order valence-corrected chi connectivity index (χ4v) is 6.00. The fourth-order valence-electron chi connectivity index (χ4n) is 6.00. The van der Waals surface area contributed by atoms with E-state index in [0.717, 1.165) is 23.5 Å². The first-order valence-corrected chi connectivity index (χ1v) is 10.5. The Morgan fingerprint density at radius 3 is 2.67 bits per heavy atom. The van der Waals surface area contributed by atoms with Gasteiger partial charge in [0.25, 0.3) is 5.91 Å². The molecule has 2 aromatic rings. The molecule has 2 fully saturated rings. The Kier molecular flexibility index (Phi) is 4.06. The molecule has 1 amide bonds. The van der Waals surface area contributed by atoms with Gasteiger partial charge in [0.2, 0.25) is 5.95 Å². The van der Waals surface area contributed by atoms with Crippen LogP contribution in [0, 0.1) is 12.8 Å². The number of anilines is 1. The maximum atomic E-state index is 13.7. The molecule has 0 radical (unpaired) electrons. The van der Waals surface area contributed by atoms with Crippen molar-refractivity contribution in [1.82, 2.24) is 14.8 Å². The zero-order valence-electron chi connectivity index (χ0n) is 16.1. The molecule has 0 saturated heterocycles. The van der Waals surface area contributed by atoms with Crippen LogP contribution >= 0.6 is 0 Å². The molecule has 0 N–H and O–H groups in total. The Balaban J connectivity index is 1.64. The molecule has 1 aliphatic heterocycles. The van der Waals surface area contributed by atoms with E-state index in [0.29, 0.717) is 5.92 Å². The SMILES string of the molecule is Cc1ccccc1C(=O)N1c2ncnn2C2(CCCCC2)[C@@H]2CCCC[C@@H]21. The maximum Gasteiger partial charge on any atom is 0.261 e. The van der Waals surface area contributed by atoms with Crippen molar-refractivity contribution < 1.29 is 4.79 Å². The summed E-state index contributed by atoms with van der Waals surface area (Å²) < 4.78 is 2.15. The number of aryl methyl sites for hydroxylation is 1. The number of carbonyl (C=O) groups is 1. The number of nitrogens with zero attached hydrogens (tertiary/aromatic N) is 4. The molecule has 3 aliphatic rings. The Bertz CT molecular complexity index is 852. The molecule has 27 heavy (non-hydrogen) atoms. The Labute approximate surface area is 160 Å². The molecule has 2 aliphatic carbocycles. The number of aromatic nitrogens is 3. The summed E-state index contributed by atoms with van der Waals surface area (Å²) in [5.41, 5.74) is 1.88. The van der Waals surface area contributed by atoms with Crippen LogP contribution in [0.15, 0.2) is 30.6 Å². The molecule has 2 saturated carbocycles. The minimum absolute atomic E-state index is 0.0671. The number of hydrogen-bond acceptors (Lipinski definition) is 3. The summed E-state index contributed by atoms with van der Waals surface area (Å²) in [5, 5.41) is 4.69. The average Bonchev–Trinajstić information content (AvgIpc) is 3.20. The summed E-state index contributed by atoms with van der Waals surface area (Å²) in [6, 6.07) is 8.16. The standard InChI is InChI=1S/C22H28N4O/c1-16-9-3-4-10-17(16)20(27)25-19-12-6-5-11-18(19)22(13-7-2-8-14-22)26-21(25)23-15-24-26/h3-4,9-10,15,18-19H,2,5-8,11-14H2,1H3/t18-,19+/m1/s1. The third-order valence-corrected chi connectivity index (χ3v) is 7.23. The number of amides is 1. The summed E-state index contributed by atoms with van der Waals surface area (Å²) in [6.07, 6.45) is 12.6. The first-order valence-electron chi connectivity index (χ1n) is 10.5. The first kappa shape index (κ1) is 17.0. The third kappa shape index (κ3) is 2.47. The Morgan fingerprint density at radius 2 is 1.85 bits per heavy atom. The third-order valence-electron chi connectivity index (χ3n) is 7.23. The van der Waals surface area contributed by atoms with E-state index in [1.165, 1.54) is 51.4 Å². The van der Waals surface area contributed by atoms with Gasteiger partial charge >= 0.3 is 0 Å². The van der Waals surface area contributed by atoms with Gasteiger partial charge in [0.15, 0.2) is 0 Å². The summed E-state index contributed by atoms with van der Waals surface area (Å²) in [4.78, 5) is 20.3. The van der Waals surface area contributed by atoms with Crippen molar-refractivity contribution in [2.24, 2.45) is 5.92 Å². The van der Waals surface area contributed by atoms with Crippen molar-refractivity contribution in [2.75, 3.05) is 4.90 Å². The summed E-state index contributed by atoms with van der Waals surface area (Å²) in [7, 11) is 0. The Hall–Kier alpha value is -2.17.